The highest BCUT2D eigenvalue weighted by molar-refractivity contribution is 5.74. The molecule has 0 atom stereocenters. The Labute approximate surface area is 76.1 Å². The van der Waals surface area contributed by atoms with E-state index >= 15 is 0 Å². The Kier molecular flexibility index (Phi) is 9.57. The third-order valence-corrected chi connectivity index (χ3v) is 1.28. The molecular weight excluding hydrogens is 152 g/mol. The highest BCUT2D eigenvalue weighted by atomic mass is 15.3. The minimum atomic E-state index is 0.522. The van der Waals surface area contributed by atoms with E-state index in [4.69, 9.17) is 5.73 Å². The number of hydrogen-bond acceptors (Lipinski definition) is 1. The normalized spacial score (nSPS) is 7.92. The van der Waals surface area contributed by atoms with Crippen molar-refractivity contribution in [3.05, 3.63) is 0 Å². The Balaban J connectivity index is 0. The van der Waals surface area contributed by atoms with Crippen molar-refractivity contribution in [2.24, 2.45) is 5.73 Å². The average Bonchev–Trinajstić information content (AvgIpc) is 2.08. The SMILES string of the molecule is CC.CNC(N(C)CN)=[N+](C)C. The van der Waals surface area contributed by atoms with Gasteiger partial charge < -0.3 is 5.73 Å². The van der Waals surface area contributed by atoms with Gasteiger partial charge in [0, 0.05) is 0 Å². The summed E-state index contributed by atoms with van der Waals surface area (Å²) in [6, 6.07) is 0. The number of nitrogens with two attached hydrogens (primary N) is 1. The van der Waals surface area contributed by atoms with E-state index in [2.05, 4.69) is 5.32 Å². The van der Waals surface area contributed by atoms with E-state index < -0.39 is 0 Å². The molecule has 0 spiro atoms. The maximum absolute atomic E-state index is 5.42. The van der Waals surface area contributed by atoms with E-state index in [-0.39, 0.29) is 0 Å². The van der Waals surface area contributed by atoms with Crippen molar-refractivity contribution in [1.82, 2.24) is 10.2 Å². The van der Waals surface area contributed by atoms with Gasteiger partial charge in [0.05, 0.1) is 28.2 Å². The second-order valence-electron chi connectivity index (χ2n) is 2.35. The summed E-state index contributed by atoms with van der Waals surface area (Å²) in [6.07, 6.45) is 0. The van der Waals surface area contributed by atoms with Gasteiger partial charge in [0.1, 0.15) is 6.67 Å². The largest absolute Gasteiger partial charge is 0.348 e. The van der Waals surface area contributed by atoms with E-state index in [1.807, 2.05) is 51.5 Å². The first-order valence-corrected chi connectivity index (χ1v) is 4.26. The quantitative estimate of drug-likeness (QED) is 0.249. The fourth-order valence-electron chi connectivity index (χ4n) is 0.842. The van der Waals surface area contributed by atoms with Crippen LogP contribution in [0.1, 0.15) is 13.8 Å². The van der Waals surface area contributed by atoms with Crippen molar-refractivity contribution in [2.45, 2.75) is 13.8 Å². The molecule has 0 aliphatic carbocycles. The van der Waals surface area contributed by atoms with Gasteiger partial charge in [-0.05, 0) is 0 Å². The fourth-order valence-corrected chi connectivity index (χ4v) is 0.842. The van der Waals surface area contributed by atoms with Gasteiger partial charge in [0.15, 0.2) is 0 Å². The molecule has 0 unspecified atom stereocenters. The Morgan fingerprint density at radius 1 is 1.42 bits per heavy atom. The lowest BCUT2D eigenvalue weighted by atomic mass is 10.7. The molecule has 0 aromatic carbocycles. The zero-order valence-corrected chi connectivity index (χ0v) is 9.18. The molecular formula is C8H23N4+. The Bertz CT molecular complexity index is 127. The average molecular weight is 175 g/mol. The molecule has 3 N–H and O–H groups in total. The monoisotopic (exact) mass is 175 g/mol. The molecule has 4 heteroatoms. The van der Waals surface area contributed by atoms with Crippen molar-refractivity contribution < 1.29 is 4.58 Å². The van der Waals surface area contributed by atoms with Crippen LogP contribution in [0.25, 0.3) is 0 Å². The second-order valence-corrected chi connectivity index (χ2v) is 2.35. The summed E-state index contributed by atoms with van der Waals surface area (Å²) in [5.74, 6) is 1.02. The van der Waals surface area contributed by atoms with Crippen LogP contribution in [-0.4, -0.2) is 50.3 Å². The summed E-state index contributed by atoms with van der Waals surface area (Å²) in [6.45, 7) is 4.52. The molecule has 0 amide bonds. The molecule has 0 bridgehead atoms. The van der Waals surface area contributed by atoms with Crippen molar-refractivity contribution in [2.75, 3.05) is 34.9 Å². The molecule has 0 aliphatic rings. The molecule has 74 valence electrons. The molecule has 0 aliphatic heterocycles. The van der Waals surface area contributed by atoms with Gasteiger partial charge in [-0.3, -0.25) is 14.8 Å². The summed E-state index contributed by atoms with van der Waals surface area (Å²) < 4.78 is 1.98. The van der Waals surface area contributed by atoms with Gasteiger partial charge in [0.25, 0.3) is 0 Å². The molecule has 0 heterocycles. The predicted octanol–water partition coefficient (Wildman–Crippen LogP) is -0.292. The second kappa shape index (κ2) is 8.33. The van der Waals surface area contributed by atoms with Crippen LogP contribution in [0.3, 0.4) is 0 Å². The van der Waals surface area contributed by atoms with Crippen molar-refractivity contribution in [1.29, 1.82) is 0 Å². The van der Waals surface area contributed by atoms with E-state index in [1.165, 1.54) is 0 Å². The summed E-state index contributed by atoms with van der Waals surface area (Å²) in [4.78, 5) is 1.93. The molecule has 12 heavy (non-hydrogen) atoms. The van der Waals surface area contributed by atoms with Gasteiger partial charge in [-0.1, -0.05) is 13.8 Å². The summed E-state index contributed by atoms with van der Waals surface area (Å²) in [5, 5.41) is 3.04. The van der Waals surface area contributed by atoms with Gasteiger partial charge >= 0.3 is 5.96 Å². The van der Waals surface area contributed by atoms with Crippen LogP contribution in [0, 0.1) is 0 Å². The first-order valence-electron chi connectivity index (χ1n) is 4.26. The zero-order valence-electron chi connectivity index (χ0n) is 9.18. The van der Waals surface area contributed by atoms with Gasteiger partial charge in [0.2, 0.25) is 0 Å². The third-order valence-electron chi connectivity index (χ3n) is 1.28. The van der Waals surface area contributed by atoms with Gasteiger partial charge in [-0.25, -0.2) is 0 Å². The number of hydrogen-bond donors (Lipinski definition) is 2. The van der Waals surface area contributed by atoms with Crippen LogP contribution in [0.2, 0.25) is 0 Å². The van der Waals surface area contributed by atoms with Gasteiger partial charge in [-0.15, -0.1) is 0 Å². The molecule has 0 rings (SSSR count). The minimum Gasteiger partial charge on any atom is -0.302 e. The predicted molar refractivity (Wildman–Crippen MR) is 54.3 cm³/mol. The van der Waals surface area contributed by atoms with Gasteiger partial charge in [-0.2, -0.15) is 0 Å². The molecule has 0 aromatic heterocycles. The van der Waals surface area contributed by atoms with Crippen molar-refractivity contribution >= 4 is 5.96 Å². The highest BCUT2D eigenvalue weighted by Gasteiger charge is 2.09. The van der Waals surface area contributed by atoms with E-state index in [0.29, 0.717) is 6.67 Å². The Morgan fingerprint density at radius 3 is 1.92 bits per heavy atom. The lowest BCUT2D eigenvalue weighted by molar-refractivity contribution is -0.472. The standard InChI is InChI=1S/C6H16N4.C2H6/c1-8-6(9(2)3)10(4)5-7;1-2/h5,7H2,1-4H3;1-2H3/p+1. The number of rotatable bonds is 1. The van der Waals surface area contributed by atoms with Crippen LogP contribution in [0.5, 0.6) is 0 Å². The van der Waals surface area contributed by atoms with Crippen LogP contribution < -0.4 is 11.1 Å². The third kappa shape index (κ3) is 4.96. The van der Waals surface area contributed by atoms with E-state index in [9.17, 15) is 0 Å². The van der Waals surface area contributed by atoms with E-state index in [1.54, 1.807) is 0 Å². The van der Waals surface area contributed by atoms with Crippen LogP contribution >= 0.6 is 0 Å². The van der Waals surface area contributed by atoms with E-state index in [0.717, 1.165) is 5.96 Å². The lowest BCUT2D eigenvalue weighted by Crippen LogP contribution is -2.44. The van der Waals surface area contributed by atoms with Crippen LogP contribution in [0.4, 0.5) is 0 Å². The lowest BCUT2D eigenvalue weighted by Gasteiger charge is -2.12. The first kappa shape index (κ1) is 13.8. The summed E-state index contributed by atoms with van der Waals surface area (Å²) >= 11 is 0. The Morgan fingerprint density at radius 2 is 1.83 bits per heavy atom. The van der Waals surface area contributed by atoms with Crippen molar-refractivity contribution in [3.63, 3.8) is 0 Å². The highest BCUT2D eigenvalue weighted by Crippen LogP contribution is 1.76. The number of nitrogens with zero attached hydrogens (tertiary/aromatic N) is 2. The van der Waals surface area contributed by atoms with Crippen LogP contribution in [0.15, 0.2) is 0 Å². The summed E-state index contributed by atoms with van der Waals surface area (Å²) in [7, 11) is 7.75. The maximum atomic E-state index is 5.42. The fraction of sp³-hybridized carbons (Fsp3) is 0.875. The Hall–Kier alpha value is -0.770. The summed E-state index contributed by atoms with van der Waals surface area (Å²) in [5.41, 5.74) is 5.42. The zero-order chi connectivity index (χ0) is 10.1. The molecule has 4 nitrogen and oxygen atoms in total. The first-order chi connectivity index (χ1) is 5.63. The number of nitrogens with one attached hydrogen (secondary N) is 1. The van der Waals surface area contributed by atoms with Crippen molar-refractivity contribution in [3.8, 4) is 0 Å². The van der Waals surface area contributed by atoms with Crippen LogP contribution in [-0.2, 0) is 0 Å². The number of guanidine groups is 1. The molecule has 0 saturated heterocycles. The molecule has 0 fully saturated rings. The topological polar surface area (TPSA) is 44.3 Å². The molecule has 0 radical (unpaired) electrons. The smallest absolute Gasteiger partial charge is 0.302 e. The molecule has 0 aromatic rings. The molecule has 0 saturated carbocycles. The maximum Gasteiger partial charge on any atom is 0.348 e. The minimum absolute atomic E-state index is 0.522.